The summed E-state index contributed by atoms with van der Waals surface area (Å²) in [5.41, 5.74) is 0.00691. The van der Waals surface area contributed by atoms with Crippen LogP contribution < -0.4 is 0 Å². The highest BCUT2D eigenvalue weighted by Gasteiger charge is 2.47. The van der Waals surface area contributed by atoms with Crippen LogP contribution in [0.25, 0.3) is 0 Å². The molecule has 1 unspecified atom stereocenters. The maximum Gasteiger partial charge on any atom is 0.411 e. The summed E-state index contributed by atoms with van der Waals surface area (Å²) in [5, 5.41) is 9.50. The first-order valence-electron chi connectivity index (χ1n) is 12.9. The van der Waals surface area contributed by atoms with E-state index in [1.807, 2.05) is 11.8 Å². The second-order valence-electron chi connectivity index (χ2n) is 11.3. The predicted molar refractivity (Wildman–Crippen MR) is 133 cm³/mol. The number of amides is 3. The minimum atomic E-state index is -0.746. The molecule has 3 fully saturated rings. The van der Waals surface area contributed by atoms with Gasteiger partial charge in [-0.25, -0.2) is 9.18 Å². The molecule has 4 rings (SSSR count). The molecule has 0 aliphatic carbocycles. The molecule has 3 saturated heterocycles. The number of carbonyl (C=O) groups excluding carboxylic acids is 3. The third-order valence-corrected chi connectivity index (χ3v) is 7.32. The molecule has 0 aromatic heterocycles. The molecule has 1 aromatic rings. The molecular formula is C27H36FN5O4. The Morgan fingerprint density at radius 2 is 1.97 bits per heavy atom. The van der Waals surface area contributed by atoms with Crippen molar-refractivity contribution in [3.63, 3.8) is 0 Å². The van der Waals surface area contributed by atoms with Crippen molar-refractivity contribution in [3.05, 3.63) is 35.6 Å². The fourth-order valence-corrected chi connectivity index (χ4v) is 5.56. The zero-order valence-electron chi connectivity index (χ0n) is 22.0. The molecule has 10 heteroatoms. The van der Waals surface area contributed by atoms with Crippen molar-refractivity contribution < 1.29 is 23.5 Å². The van der Waals surface area contributed by atoms with Crippen LogP contribution in [-0.2, 0) is 20.9 Å². The molecule has 3 heterocycles. The summed E-state index contributed by atoms with van der Waals surface area (Å²) < 4.78 is 19.3. The van der Waals surface area contributed by atoms with Crippen LogP contribution in [0, 0.1) is 17.1 Å². The van der Waals surface area contributed by atoms with Gasteiger partial charge in [-0.15, -0.1) is 0 Å². The van der Waals surface area contributed by atoms with Crippen molar-refractivity contribution in [1.29, 1.82) is 5.26 Å². The topological polar surface area (TPSA) is 97.2 Å². The number of benzene rings is 1. The predicted octanol–water partition coefficient (Wildman–Crippen LogP) is 2.75. The molecule has 3 aliphatic rings. The highest BCUT2D eigenvalue weighted by molar-refractivity contribution is 5.87. The largest absolute Gasteiger partial charge is 0.444 e. The van der Waals surface area contributed by atoms with E-state index >= 15 is 0 Å². The van der Waals surface area contributed by atoms with Crippen LogP contribution in [0.2, 0.25) is 0 Å². The zero-order valence-corrected chi connectivity index (χ0v) is 22.0. The summed E-state index contributed by atoms with van der Waals surface area (Å²) in [6.45, 7) is 9.09. The lowest BCUT2D eigenvalue weighted by atomic mass is 10.1. The van der Waals surface area contributed by atoms with E-state index in [2.05, 4.69) is 6.07 Å². The average Bonchev–Trinajstić information content (AvgIpc) is 3.47. The highest BCUT2D eigenvalue weighted by atomic mass is 19.1. The van der Waals surface area contributed by atoms with Gasteiger partial charge in [0.1, 0.15) is 23.5 Å². The van der Waals surface area contributed by atoms with Gasteiger partial charge in [-0.2, -0.15) is 5.26 Å². The van der Waals surface area contributed by atoms with Gasteiger partial charge in [0, 0.05) is 38.3 Å². The van der Waals surface area contributed by atoms with Gasteiger partial charge in [0.2, 0.25) is 11.8 Å². The summed E-state index contributed by atoms with van der Waals surface area (Å²) >= 11 is 0. The van der Waals surface area contributed by atoms with Crippen molar-refractivity contribution in [2.24, 2.45) is 0 Å². The van der Waals surface area contributed by atoms with Crippen molar-refractivity contribution >= 4 is 17.9 Å². The van der Waals surface area contributed by atoms with Gasteiger partial charge in [0.15, 0.2) is 0 Å². The van der Waals surface area contributed by atoms with Gasteiger partial charge in [0.25, 0.3) is 0 Å². The Hall–Kier alpha value is -3.19. The number of hydrogen-bond acceptors (Lipinski definition) is 6. The van der Waals surface area contributed by atoms with E-state index < -0.39 is 23.8 Å². The number of nitriles is 1. The number of likely N-dealkylation sites (tertiary alicyclic amines) is 2. The molecule has 1 aromatic carbocycles. The third kappa shape index (κ3) is 6.04. The fourth-order valence-electron chi connectivity index (χ4n) is 5.56. The van der Waals surface area contributed by atoms with Crippen molar-refractivity contribution in [1.82, 2.24) is 19.6 Å². The lowest BCUT2D eigenvalue weighted by molar-refractivity contribution is -0.141. The molecule has 9 nitrogen and oxygen atoms in total. The summed E-state index contributed by atoms with van der Waals surface area (Å²) in [5.74, 6) is -0.649. The van der Waals surface area contributed by atoms with Crippen LogP contribution in [0.1, 0.15) is 52.5 Å². The second-order valence-corrected chi connectivity index (χ2v) is 11.3. The minimum absolute atomic E-state index is 0.0781. The van der Waals surface area contributed by atoms with Gasteiger partial charge in [-0.1, -0.05) is 12.1 Å². The molecule has 3 aliphatic heterocycles. The Balaban J connectivity index is 1.49. The molecule has 4 atom stereocenters. The zero-order chi connectivity index (χ0) is 26.9. The van der Waals surface area contributed by atoms with E-state index in [0.29, 0.717) is 32.5 Å². The summed E-state index contributed by atoms with van der Waals surface area (Å²) in [6.07, 6.45) is 1.19. The van der Waals surface area contributed by atoms with E-state index in [1.54, 1.807) is 42.7 Å². The molecule has 0 saturated carbocycles. The maximum atomic E-state index is 13.6. The van der Waals surface area contributed by atoms with Gasteiger partial charge in [0.05, 0.1) is 12.6 Å². The molecular weight excluding hydrogens is 477 g/mol. The van der Waals surface area contributed by atoms with Crippen molar-refractivity contribution in [2.75, 3.05) is 26.2 Å². The first kappa shape index (κ1) is 26.9. The molecule has 0 bridgehead atoms. The van der Waals surface area contributed by atoms with Crippen LogP contribution >= 0.6 is 0 Å². The van der Waals surface area contributed by atoms with E-state index in [0.717, 1.165) is 12.0 Å². The molecule has 0 radical (unpaired) electrons. The Morgan fingerprint density at radius 1 is 1.22 bits per heavy atom. The van der Waals surface area contributed by atoms with Crippen molar-refractivity contribution in [2.45, 2.75) is 83.3 Å². The van der Waals surface area contributed by atoms with Gasteiger partial charge >= 0.3 is 6.09 Å². The number of nitrogens with zero attached hydrogens (tertiary/aromatic N) is 5. The van der Waals surface area contributed by atoms with E-state index in [1.165, 1.54) is 17.0 Å². The number of rotatable bonds is 4. The lowest BCUT2D eigenvalue weighted by Crippen LogP contribution is -2.57. The smallest absolute Gasteiger partial charge is 0.411 e. The van der Waals surface area contributed by atoms with Gasteiger partial charge < -0.3 is 14.5 Å². The fraction of sp³-hybridized carbons (Fsp3) is 0.630. The summed E-state index contributed by atoms with van der Waals surface area (Å²) in [6, 6.07) is 6.88. The molecule has 0 spiro atoms. The first-order valence-corrected chi connectivity index (χ1v) is 12.9. The molecule has 3 amide bonds. The maximum absolute atomic E-state index is 13.6. The first-order chi connectivity index (χ1) is 17.5. The highest BCUT2D eigenvalue weighted by Crippen LogP contribution is 2.30. The van der Waals surface area contributed by atoms with Crippen LogP contribution in [0.3, 0.4) is 0 Å². The van der Waals surface area contributed by atoms with Gasteiger partial charge in [-0.05, 0) is 64.7 Å². The number of ether oxygens (including phenoxy) is 1. The van der Waals surface area contributed by atoms with Crippen LogP contribution in [0.5, 0.6) is 0 Å². The summed E-state index contributed by atoms with van der Waals surface area (Å²) in [7, 11) is 0. The molecule has 0 N–H and O–H groups in total. The standard InChI is InChI=1S/C27H36FN5O4/c1-18-14-30(17-24(34)32(18)15-19-7-5-8-20(28)11-19)22-12-23(25(35)31-10-6-9-21(31)13-29)33(16-22)26(36)37-27(2,3)4/h5,7-8,11,18,21-23H,6,9-10,12,14-17H2,1-4H3/t18?,21-,22-,23-/m0/s1. The van der Waals surface area contributed by atoms with Gasteiger partial charge in [-0.3, -0.25) is 19.4 Å². The number of piperazine rings is 1. The lowest BCUT2D eigenvalue weighted by Gasteiger charge is -2.42. The molecule has 37 heavy (non-hydrogen) atoms. The SMILES string of the molecule is CC1CN([C@H]2C[C@@H](C(=O)N3CCC[C@H]3C#N)N(C(=O)OC(C)(C)C)C2)CC(=O)N1Cc1cccc(F)c1. The Morgan fingerprint density at radius 3 is 2.62 bits per heavy atom. The monoisotopic (exact) mass is 513 g/mol. The quantitative estimate of drug-likeness (QED) is 0.614. The second kappa shape index (κ2) is 10.7. The summed E-state index contributed by atoms with van der Waals surface area (Å²) in [4.78, 5) is 46.6. The normalized spacial score (nSPS) is 26.9. The van der Waals surface area contributed by atoms with E-state index in [9.17, 15) is 24.0 Å². The average molecular weight is 514 g/mol. The van der Waals surface area contributed by atoms with Crippen molar-refractivity contribution in [3.8, 4) is 6.07 Å². The Kier molecular flexibility index (Phi) is 7.74. The van der Waals surface area contributed by atoms with Crippen LogP contribution in [0.15, 0.2) is 24.3 Å². The number of hydrogen-bond donors (Lipinski definition) is 0. The van der Waals surface area contributed by atoms with E-state index in [-0.39, 0.29) is 42.8 Å². The van der Waals surface area contributed by atoms with Crippen LogP contribution in [0.4, 0.5) is 9.18 Å². The Labute approximate surface area is 217 Å². The number of halogens is 1. The third-order valence-electron chi connectivity index (χ3n) is 7.32. The Bertz CT molecular complexity index is 1080. The molecule has 200 valence electrons. The minimum Gasteiger partial charge on any atom is -0.444 e. The van der Waals surface area contributed by atoms with Crippen LogP contribution in [-0.4, -0.2) is 93.5 Å². The van der Waals surface area contributed by atoms with E-state index in [4.69, 9.17) is 4.74 Å². The number of carbonyl (C=O) groups is 3.